The second-order valence-electron chi connectivity index (χ2n) is 3.35. The predicted molar refractivity (Wildman–Crippen MR) is 56.5 cm³/mol. The van der Waals surface area contributed by atoms with Crippen LogP contribution >= 0.6 is 0 Å². The molecule has 0 saturated carbocycles. The number of aromatic nitrogens is 4. The van der Waals surface area contributed by atoms with Crippen molar-refractivity contribution in [2.45, 2.75) is 13.0 Å². The van der Waals surface area contributed by atoms with Crippen LogP contribution in [0.1, 0.15) is 24.5 Å². The molecule has 0 unspecified atom stereocenters. The Hall–Kier alpha value is -2.26. The quantitative estimate of drug-likeness (QED) is 0.788. The van der Waals surface area contributed by atoms with Gasteiger partial charge in [0.15, 0.2) is 0 Å². The van der Waals surface area contributed by atoms with Gasteiger partial charge in [-0.3, -0.25) is 4.98 Å². The molecular formula is C10H10N6. The zero-order valence-electron chi connectivity index (χ0n) is 8.70. The normalized spacial score (nSPS) is 12.1. The van der Waals surface area contributed by atoms with E-state index in [0.29, 0.717) is 0 Å². The van der Waals surface area contributed by atoms with Gasteiger partial charge in [0, 0.05) is 6.04 Å². The van der Waals surface area contributed by atoms with Crippen molar-refractivity contribution < 1.29 is 0 Å². The summed E-state index contributed by atoms with van der Waals surface area (Å²) >= 11 is 0. The molecule has 0 fully saturated rings. The first-order valence-electron chi connectivity index (χ1n) is 4.74. The van der Waals surface area contributed by atoms with Crippen LogP contribution in [0.15, 0.2) is 24.7 Å². The second kappa shape index (κ2) is 4.08. The van der Waals surface area contributed by atoms with Crippen molar-refractivity contribution in [2.24, 2.45) is 5.73 Å². The van der Waals surface area contributed by atoms with Crippen LogP contribution in [0.5, 0.6) is 0 Å². The van der Waals surface area contributed by atoms with Crippen LogP contribution in [0.25, 0.3) is 5.69 Å². The van der Waals surface area contributed by atoms with Crippen molar-refractivity contribution >= 4 is 0 Å². The summed E-state index contributed by atoms with van der Waals surface area (Å²) in [6.45, 7) is 1.87. The van der Waals surface area contributed by atoms with Crippen LogP contribution in [0.3, 0.4) is 0 Å². The summed E-state index contributed by atoms with van der Waals surface area (Å²) in [4.78, 5) is 8.00. The molecule has 1 atom stereocenters. The van der Waals surface area contributed by atoms with E-state index in [1.165, 1.54) is 11.0 Å². The predicted octanol–water partition coefficient (Wildman–Crippen LogP) is 0.554. The maximum Gasteiger partial charge on any atom is 0.252 e. The lowest BCUT2D eigenvalue weighted by atomic mass is 10.2. The van der Waals surface area contributed by atoms with Crippen LogP contribution < -0.4 is 5.73 Å². The molecule has 2 aromatic heterocycles. The maximum atomic E-state index is 8.59. The number of nitrogens with two attached hydrogens (primary N) is 1. The van der Waals surface area contributed by atoms with E-state index in [9.17, 15) is 0 Å². The third-order valence-corrected chi connectivity index (χ3v) is 2.09. The molecule has 0 bridgehead atoms. The summed E-state index contributed by atoms with van der Waals surface area (Å²) in [5.41, 5.74) is 7.25. The molecule has 0 aliphatic rings. The standard InChI is InChI=1S/C10H10N6/c1-7(12)9-3-2-8(5-13-9)16-6-14-10(4-11)15-16/h2-3,5-7H,12H2,1H3/t7-/m1/s1. The zero-order chi connectivity index (χ0) is 11.5. The summed E-state index contributed by atoms with van der Waals surface area (Å²) in [6, 6.07) is 5.43. The zero-order valence-corrected chi connectivity index (χ0v) is 8.70. The smallest absolute Gasteiger partial charge is 0.252 e. The van der Waals surface area contributed by atoms with Gasteiger partial charge in [0.05, 0.1) is 17.6 Å². The van der Waals surface area contributed by atoms with E-state index in [0.717, 1.165) is 11.4 Å². The lowest BCUT2D eigenvalue weighted by Crippen LogP contribution is -2.07. The van der Waals surface area contributed by atoms with Gasteiger partial charge < -0.3 is 5.73 Å². The van der Waals surface area contributed by atoms with Crippen molar-refractivity contribution in [1.29, 1.82) is 5.26 Å². The molecule has 0 amide bonds. The van der Waals surface area contributed by atoms with Crippen LogP contribution in [-0.4, -0.2) is 19.7 Å². The Morgan fingerprint density at radius 1 is 1.44 bits per heavy atom. The maximum absolute atomic E-state index is 8.59. The van der Waals surface area contributed by atoms with Gasteiger partial charge in [0.25, 0.3) is 5.82 Å². The average molecular weight is 214 g/mol. The third kappa shape index (κ3) is 1.89. The molecule has 6 nitrogen and oxygen atoms in total. The highest BCUT2D eigenvalue weighted by Crippen LogP contribution is 2.09. The molecule has 2 rings (SSSR count). The van der Waals surface area contributed by atoms with E-state index in [1.807, 2.05) is 25.1 Å². The van der Waals surface area contributed by atoms with Gasteiger partial charge in [-0.05, 0) is 19.1 Å². The fourth-order valence-electron chi connectivity index (χ4n) is 1.24. The second-order valence-corrected chi connectivity index (χ2v) is 3.35. The Kier molecular flexibility index (Phi) is 2.62. The van der Waals surface area contributed by atoms with Gasteiger partial charge in [-0.25, -0.2) is 9.67 Å². The van der Waals surface area contributed by atoms with Crippen molar-refractivity contribution in [1.82, 2.24) is 19.7 Å². The topological polar surface area (TPSA) is 93.4 Å². The fourth-order valence-corrected chi connectivity index (χ4v) is 1.24. The van der Waals surface area contributed by atoms with Gasteiger partial charge in [-0.1, -0.05) is 0 Å². The van der Waals surface area contributed by atoms with E-state index in [4.69, 9.17) is 11.0 Å². The summed E-state index contributed by atoms with van der Waals surface area (Å²) < 4.78 is 1.50. The molecule has 0 spiro atoms. The number of hydrogen-bond acceptors (Lipinski definition) is 5. The van der Waals surface area contributed by atoms with Gasteiger partial charge in [-0.2, -0.15) is 5.26 Å². The summed E-state index contributed by atoms with van der Waals surface area (Å²) in [7, 11) is 0. The first-order chi connectivity index (χ1) is 7.70. The van der Waals surface area contributed by atoms with Gasteiger partial charge in [0.1, 0.15) is 12.4 Å². The molecule has 0 saturated heterocycles. The van der Waals surface area contributed by atoms with Gasteiger partial charge in [0.2, 0.25) is 0 Å². The molecule has 2 aromatic rings. The van der Waals surface area contributed by atoms with Crippen molar-refractivity contribution in [3.8, 4) is 11.8 Å². The van der Waals surface area contributed by atoms with E-state index in [2.05, 4.69) is 15.1 Å². The monoisotopic (exact) mass is 214 g/mol. The third-order valence-electron chi connectivity index (χ3n) is 2.09. The van der Waals surface area contributed by atoms with Crippen LogP contribution in [0.2, 0.25) is 0 Å². The minimum absolute atomic E-state index is 0.0977. The molecule has 2 N–H and O–H groups in total. The van der Waals surface area contributed by atoms with E-state index < -0.39 is 0 Å². The Morgan fingerprint density at radius 3 is 2.75 bits per heavy atom. The SMILES string of the molecule is C[C@@H](N)c1ccc(-n2cnc(C#N)n2)cn1. The molecule has 16 heavy (non-hydrogen) atoms. The highest BCUT2D eigenvalue weighted by atomic mass is 15.3. The molecule has 6 heteroatoms. The highest BCUT2D eigenvalue weighted by Gasteiger charge is 2.04. The van der Waals surface area contributed by atoms with Crippen molar-refractivity contribution in [3.63, 3.8) is 0 Å². The Labute approximate surface area is 92.4 Å². The highest BCUT2D eigenvalue weighted by molar-refractivity contribution is 5.29. The lowest BCUT2D eigenvalue weighted by molar-refractivity contribution is 0.774. The Bertz CT molecular complexity index is 519. The average Bonchev–Trinajstić information content (AvgIpc) is 2.77. The van der Waals surface area contributed by atoms with Gasteiger partial charge in [-0.15, -0.1) is 5.10 Å². The van der Waals surface area contributed by atoms with Gasteiger partial charge >= 0.3 is 0 Å². The Balaban J connectivity index is 2.31. The number of nitriles is 1. The number of pyridine rings is 1. The molecule has 0 aliphatic heterocycles. The molecule has 0 aliphatic carbocycles. The summed E-state index contributed by atoms with van der Waals surface area (Å²) in [6.07, 6.45) is 3.12. The van der Waals surface area contributed by atoms with Crippen LogP contribution in [0, 0.1) is 11.3 Å². The van der Waals surface area contributed by atoms with Crippen molar-refractivity contribution in [3.05, 3.63) is 36.2 Å². The lowest BCUT2D eigenvalue weighted by Gasteiger charge is -2.05. The number of hydrogen-bond donors (Lipinski definition) is 1. The first-order valence-corrected chi connectivity index (χ1v) is 4.74. The fraction of sp³-hybridized carbons (Fsp3) is 0.200. The Morgan fingerprint density at radius 2 is 2.25 bits per heavy atom. The van der Waals surface area contributed by atoms with E-state index in [1.54, 1.807) is 6.20 Å². The molecule has 0 aromatic carbocycles. The van der Waals surface area contributed by atoms with Crippen molar-refractivity contribution in [2.75, 3.05) is 0 Å². The number of nitrogens with zero attached hydrogens (tertiary/aromatic N) is 5. The van der Waals surface area contributed by atoms with Crippen LogP contribution in [0.4, 0.5) is 0 Å². The molecule has 80 valence electrons. The summed E-state index contributed by atoms with van der Waals surface area (Å²) in [5, 5.41) is 12.5. The molecular weight excluding hydrogens is 204 g/mol. The minimum Gasteiger partial charge on any atom is -0.323 e. The molecule has 0 radical (unpaired) electrons. The minimum atomic E-state index is -0.0977. The molecule has 2 heterocycles. The van der Waals surface area contributed by atoms with E-state index in [-0.39, 0.29) is 11.9 Å². The number of rotatable bonds is 2. The van der Waals surface area contributed by atoms with Crippen LogP contribution in [-0.2, 0) is 0 Å². The largest absolute Gasteiger partial charge is 0.323 e. The van der Waals surface area contributed by atoms with E-state index >= 15 is 0 Å². The summed E-state index contributed by atoms with van der Waals surface area (Å²) in [5.74, 6) is 0.135. The first kappa shape index (κ1) is 10.3.